The molecule has 0 N–H and O–H groups in total. The molecule has 0 unspecified atom stereocenters. The summed E-state index contributed by atoms with van der Waals surface area (Å²) in [6.07, 6.45) is 0.614. The molecule has 1 aromatic rings. The highest BCUT2D eigenvalue weighted by atomic mass is 16.5. The van der Waals surface area contributed by atoms with Gasteiger partial charge in [-0.3, -0.25) is 9.69 Å². The molecule has 1 aromatic carbocycles. The van der Waals surface area contributed by atoms with Crippen LogP contribution >= 0.6 is 0 Å². The highest BCUT2D eigenvalue weighted by Crippen LogP contribution is 2.20. The van der Waals surface area contributed by atoms with Gasteiger partial charge in [0.05, 0.1) is 20.3 Å². The number of nitrogens with zero attached hydrogens (tertiary/aromatic N) is 3. The topological polar surface area (TPSA) is 45.2 Å². The third-order valence-corrected chi connectivity index (χ3v) is 4.82. The minimum absolute atomic E-state index is 0.274. The zero-order valence-electron chi connectivity index (χ0n) is 14.4. The molecule has 2 saturated heterocycles. The quantitative estimate of drug-likeness (QED) is 0.806. The molecule has 132 valence electrons. The summed E-state index contributed by atoms with van der Waals surface area (Å²) in [5.41, 5.74) is 1.19. The second-order valence-electron chi connectivity index (χ2n) is 6.27. The molecule has 0 bridgehead atoms. The van der Waals surface area contributed by atoms with Crippen LogP contribution in [0.1, 0.15) is 6.42 Å². The molecule has 1 amide bonds. The van der Waals surface area contributed by atoms with Crippen molar-refractivity contribution >= 4 is 11.6 Å². The van der Waals surface area contributed by atoms with Crippen LogP contribution in [0.4, 0.5) is 5.69 Å². The van der Waals surface area contributed by atoms with Crippen LogP contribution in [0.3, 0.4) is 0 Å². The van der Waals surface area contributed by atoms with Gasteiger partial charge in [-0.15, -0.1) is 0 Å². The van der Waals surface area contributed by atoms with Gasteiger partial charge in [-0.05, 0) is 24.3 Å². The summed E-state index contributed by atoms with van der Waals surface area (Å²) in [7, 11) is 1.68. The Labute approximate surface area is 143 Å². The number of carbonyl (C=O) groups is 1. The number of benzene rings is 1. The first-order valence-electron chi connectivity index (χ1n) is 8.73. The van der Waals surface area contributed by atoms with E-state index >= 15 is 0 Å². The second kappa shape index (κ2) is 8.35. The molecule has 2 aliphatic rings. The van der Waals surface area contributed by atoms with Crippen LogP contribution in [0.2, 0.25) is 0 Å². The van der Waals surface area contributed by atoms with E-state index in [1.165, 1.54) is 5.69 Å². The van der Waals surface area contributed by atoms with Crippen molar-refractivity contribution < 1.29 is 14.3 Å². The number of rotatable bonds is 5. The monoisotopic (exact) mass is 333 g/mol. The van der Waals surface area contributed by atoms with Gasteiger partial charge in [-0.25, -0.2) is 0 Å². The first kappa shape index (κ1) is 17.0. The van der Waals surface area contributed by atoms with Crippen LogP contribution in [0.15, 0.2) is 24.3 Å². The Hall–Kier alpha value is -1.79. The van der Waals surface area contributed by atoms with Gasteiger partial charge in [0.1, 0.15) is 5.75 Å². The Morgan fingerprint density at radius 1 is 1.04 bits per heavy atom. The number of hydrogen-bond donors (Lipinski definition) is 0. The van der Waals surface area contributed by atoms with Gasteiger partial charge >= 0.3 is 0 Å². The van der Waals surface area contributed by atoms with Crippen molar-refractivity contribution in [1.82, 2.24) is 9.80 Å². The number of hydrogen-bond acceptors (Lipinski definition) is 5. The summed E-state index contributed by atoms with van der Waals surface area (Å²) < 4.78 is 10.5. The van der Waals surface area contributed by atoms with E-state index in [2.05, 4.69) is 21.9 Å². The van der Waals surface area contributed by atoms with Crippen molar-refractivity contribution in [3.05, 3.63) is 24.3 Å². The third-order valence-electron chi connectivity index (χ3n) is 4.82. The number of morpholine rings is 1. The molecule has 0 radical (unpaired) electrons. The molecule has 6 heteroatoms. The van der Waals surface area contributed by atoms with E-state index in [1.54, 1.807) is 7.11 Å². The van der Waals surface area contributed by atoms with Gasteiger partial charge in [-0.1, -0.05) is 0 Å². The minimum atomic E-state index is 0.274. The lowest BCUT2D eigenvalue weighted by Crippen LogP contribution is -2.49. The molecule has 0 aliphatic carbocycles. The Bertz CT molecular complexity index is 521. The van der Waals surface area contributed by atoms with E-state index in [-0.39, 0.29) is 5.91 Å². The minimum Gasteiger partial charge on any atom is -0.497 e. The van der Waals surface area contributed by atoms with Crippen molar-refractivity contribution in [2.75, 3.05) is 71.0 Å². The Morgan fingerprint density at radius 2 is 1.71 bits per heavy atom. The molecular weight excluding hydrogens is 306 g/mol. The van der Waals surface area contributed by atoms with Crippen LogP contribution in [0.25, 0.3) is 0 Å². The fourth-order valence-electron chi connectivity index (χ4n) is 3.24. The van der Waals surface area contributed by atoms with Gasteiger partial charge in [0.25, 0.3) is 0 Å². The van der Waals surface area contributed by atoms with Gasteiger partial charge < -0.3 is 19.3 Å². The maximum Gasteiger partial charge on any atom is 0.223 e. The van der Waals surface area contributed by atoms with Gasteiger partial charge in [0.2, 0.25) is 5.91 Å². The molecule has 2 heterocycles. The highest BCUT2D eigenvalue weighted by Gasteiger charge is 2.22. The van der Waals surface area contributed by atoms with Crippen molar-refractivity contribution in [2.24, 2.45) is 0 Å². The lowest BCUT2D eigenvalue weighted by Gasteiger charge is -2.36. The van der Waals surface area contributed by atoms with Crippen LogP contribution in [-0.2, 0) is 9.53 Å². The average Bonchev–Trinajstić information content (AvgIpc) is 2.67. The number of anilines is 1. The smallest absolute Gasteiger partial charge is 0.223 e. The number of carbonyl (C=O) groups excluding carboxylic acids is 1. The highest BCUT2D eigenvalue weighted by molar-refractivity contribution is 5.76. The lowest BCUT2D eigenvalue weighted by atomic mass is 10.2. The van der Waals surface area contributed by atoms with Crippen molar-refractivity contribution in [1.29, 1.82) is 0 Å². The van der Waals surface area contributed by atoms with Crippen LogP contribution in [-0.4, -0.2) is 81.8 Å². The van der Waals surface area contributed by atoms with E-state index in [4.69, 9.17) is 9.47 Å². The van der Waals surface area contributed by atoms with E-state index < -0.39 is 0 Å². The van der Waals surface area contributed by atoms with Crippen molar-refractivity contribution in [2.45, 2.75) is 6.42 Å². The summed E-state index contributed by atoms with van der Waals surface area (Å²) in [6.45, 7) is 7.68. The van der Waals surface area contributed by atoms with E-state index in [1.807, 2.05) is 17.0 Å². The summed E-state index contributed by atoms with van der Waals surface area (Å²) >= 11 is 0. The van der Waals surface area contributed by atoms with Gasteiger partial charge in [0.15, 0.2) is 0 Å². The number of amides is 1. The first-order chi connectivity index (χ1) is 11.8. The predicted octanol–water partition coefficient (Wildman–Crippen LogP) is 1.07. The molecule has 0 spiro atoms. The summed E-state index contributed by atoms with van der Waals surface area (Å²) in [4.78, 5) is 19.0. The zero-order chi connectivity index (χ0) is 16.8. The molecule has 0 aromatic heterocycles. The largest absolute Gasteiger partial charge is 0.497 e. The molecule has 24 heavy (non-hydrogen) atoms. The SMILES string of the molecule is COc1ccc(N2CCN(C(=O)CCN3CCOCC3)CC2)cc1. The lowest BCUT2D eigenvalue weighted by molar-refractivity contribution is -0.132. The molecule has 2 aliphatic heterocycles. The van der Waals surface area contributed by atoms with E-state index in [0.29, 0.717) is 6.42 Å². The summed E-state index contributed by atoms with van der Waals surface area (Å²) in [5, 5.41) is 0. The predicted molar refractivity (Wildman–Crippen MR) is 93.7 cm³/mol. The van der Waals surface area contributed by atoms with Crippen molar-refractivity contribution in [3.63, 3.8) is 0 Å². The molecule has 0 saturated carbocycles. The maximum absolute atomic E-state index is 12.4. The maximum atomic E-state index is 12.4. The van der Waals surface area contributed by atoms with Gasteiger partial charge in [-0.2, -0.15) is 0 Å². The van der Waals surface area contributed by atoms with Crippen molar-refractivity contribution in [3.8, 4) is 5.75 Å². The van der Waals surface area contributed by atoms with Gasteiger partial charge in [0, 0.05) is 57.9 Å². The number of ether oxygens (including phenoxy) is 2. The molecule has 2 fully saturated rings. The zero-order valence-corrected chi connectivity index (χ0v) is 14.4. The standard InChI is InChI=1S/C18H27N3O3/c1-23-17-4-2-16(3-5-17)20-8-10-21(11-9-20)18(22)6-7-19-12-14-24-15-13-19/h2-5H,6-15H2,1H3. The Balaban J connectivity index is 1.42. The first-order valence-corrected chi connectivity index (χ1v) is 8.73. The molecule has 0 atom stereocenters. The fourth-order valence-corrected chi connectivity index (χ4v) is 3.24. The average molecular weight is 333 g/mol. The number of piperazine rings is 1. The summed E-state index contributed by atoms with van der Waals surface area (Å²) in [5.74, 6) is 1.14. The summed E-state index contributed by atoms with van der Waals surface area (Å²) in [6, 6.07) is 8.12. The fraction of sp³-hybridized carbons (Fsp3) is 0.611. The second-order valence-corrected chi connectivity index (χ2v) is 6.27. The van der Waals surface area contributed by atoms with Crippen LogP contribution < -0.4 is 9.64 Å². The normalized spacial score (nSPS) is 19.4. The third kappa shape index (κ3) is 4.39. The molecular formula is C18H27N3O3. The van der Waals surface area contributed by atoms with Crippen LogP contribution in [0.5, 0.6) is 5.75 Å². The number of methoxy groups -OCH3 is 1. The Morgan fingerprint density at radius 3 is 2.33 bits per heavy atom. The van der Waals surface area contributed by atoms with E-state index in [9.17, 15) is 4.79 Å². The Kier molecular flexibility index (Phi) is 5.93. The van der Waals surface area contributed by atoms with E-state index in [0.717, 1.165) is 64.8 Å². The molecule has 3 rings (SSSR count). The molecule has 6 nitrogen and oxygen atoms in total. The van der Waals surface area contributed by atoms with Crippen LogP contribution in [0, 0.1) is 0 Å².